The average molecular weight is 789 g/mol. The zero-order chi connectivity index (χ0) is 35.9. The zero-order valence-corrected chi connectivity index (χ0v) is 32.0. The fourth-order valence-electron chi connectivity index (χ4n) is 4.70. The Kier molecular flexibility index (Phi) is 17.3. The van der Waals surface area contributed by atoms with E-state index in [2.05, 4.69) is 67.2 Å². The van der Waals surface area contributed by atoms with Crippen LogP contribution in [0.5, 0.6) is 0 Å². The summed E-state index contributed by atoms with van der Waals surface area (Å²) in [6.07, 6.45) is 1.30. The van der Waals surface area contributed by atoms with Crippen molar-refractivity contribution in [2.75, 3.05) is 0 Å². The summed E-state index contributed by atoms with van der Waals surface area (Å²) in [6, 6.07) is 13.0. The first-order valence-corrected chi connectivity index (χ1v) is 18.5. The summed E-state index contributed by atoms with van der Waals surface area (Å²) in [6.45, 7) is 10.6. The molecule has 2 aromatic carbocycles. The molecule has 2 aromatic rings. The number of rotatable bonds is 17. The molecule has 48 heavy (non-hydrogen) atoms. The molecule has 2 N–H and O–H groups in total. The molecule has 0 aliphatic heterocycles. The number of esters is 1. The monoisotopic (exact) mass is 786 g/mol. The van der Waals surface area contributed by atoms with Crippen molar-refractivity contribution in [2.45, 2.75) is 109 Å². The molecule has 0 bridgehead atoms. The molecule has 0 aromatic heterocycles. The van der Waals surface area contributed by atoms with Gasteiger partial charge in [0.1, 0.15) is 18.0 Å². The predicted molar refractivity (Wildman–Crippen MR) is 197 cm³/mol. The van der Waals surface area contributed by atoms with Crippen LogP contribution in [0, 0.1) is 29.1 Å². The van der Waals surface area contributed by atoms with Crippen molar-refractivity contribution in [1.82, 2.24) is 5.32 Å². The van der Waals surface area contributed by atoms with Crippen molar-refractivity contribution in [2.24, 2.45) is 11.8 Å². The van der Waals surface area contributed by atoms with Gasteiger partial charge in [-0.2, -0.15) is 0 Å². The second kappa shape index (κ2) is 20.3. The minimum Gasteiger partial charge on any atom is -0.461 e. The van der Waals surface area contributed by atoms with Gasteiger partial charge in [0.05, 0.1) is 12.0 Å². The molecule has 0 fully saturated rings. The number of halogens is 2. The molecule has 1 unspecified atom stereocenters. The van der Waals surface area contributed by atoms with Crippen molar-refractivity contribution < 1.29 is 28.7 Å². The third kappa shape index (κ3) is 15.3. The average Bonchev–Trinajstić information content (AvgIpc) is 3.03. The van der Waals surface area contributed by atoms with Gasteiger partial charge < -0.3 is 20.2 Å². The van der Waals surface area contributed by atoms with Crippen molar-refractivity contribution in [1.29, 1.82) is 5.41 Å². The first-order valence-electron chi connectivity index (χ1n) is 16.2. The van der Waals surface area contributed by atoms with Crippen LogP contribution in [-0.2, 0) is 47.5 Å². The number of aryl methyl sites for hydroxylation is 1. The van der Waals surface area contributed by atoms with E-state index in [1.807, 2.05) is 24.3 Å². The number of ketones is 2. The number of alkyl halides is 2. The highest BCUT2D eigenvalue weighted by atomic mass is 79.9. The van der Waals surface area contributed by atoms with Crippen LogP contribution in [0.3, 0.4) is 0 Å². The lowest BCUT2D eigenvalue weighted by Crippen LogP contribution is -2.47. The molecular weight excluding hydrogens is 740 g/mol. The van der Waals surface area contributed by atoms with E-state index in [1.165, 1.54) is 11.1 Å². The molecular formula is C38H48Br2N2O6. The minimum atomic E-state index is -0.819. The number of unbranched alkanes of at least 4 members (excludes halogenated alkanes) is 1. The van der Waals surface area contributed by atoms with Crippen LogP contribution in [0.15, 0.2) is 42.5 Å². The summed E-state index contributed by atoms with van der Waals surface area (Å²) in [4.78, 5) is 50.2. The van der Waals surface area contributed by atoms with E-state index in [0.717, 1.165) is 27.4 Å². The molecule has 0 saturated carbocycles. The third-order valence-corrected chi connectivity index (χ3v) is 8.71. The van der Waals surface area contributed by atoms with Gasteiger partial charge in [0.15, 0.2) is 5.78 Å². The maximum absolute atomic E-state index is 12.9. The normalized spacial score (nSPS) is 12.4. The van der Waals surface area contributed by atoms with Crippen LogP contribution >= 0.6 is 31.9 Å². The summed E-state index contributed by atoms with van der Waals surface area (Å²) in [5.41, 5.74) is 4.42. The Morgan fingerprint density at radius 2 is 1.48 bits per heavy atom. The van der Waals surface area contributed by atoms with E-state index in [0.29, 0.717) is 25.7 Å². The van der Waals surface area contributed by atoms with E-state index >= 15 is 0 Å². The topological polar surface area (TPSA) is 123 Å². The molecule has 1 amide bonds. The van der Waals surface area contributed by atoms with Gasteiger partial charge in [0, 0.05) is 47.6 Å². The lowest BCUT2D eigenvalue weighted by Gasteiger charge is -2.25. The van der Waals surface area contributed by atoms with Gasteiger partial charge in [0.25, 0.3) is 0 Å². The number of carbonyl (C=O) groups excluding carboxylic acids is 4. The van der Waals surface area contributed by atoms with Crippen LogP contribution in [0.1, 0.15) is 101 Å². The number of carbonyl (C=O) groups is 4. The summed E-state index contributed by atoms with van der Waals surface area (Å²) < 4.78 is 10.7. The Bertz CT molecular complexity index is 1460. The third-order valence-electron chi connectivity index (χ3n) is 7.42. The maximum Gasteiger partial charge on any atom is 0.408 e. The van der Waals surface area contributed by atoms with Gasteiger partial charge >= 0.3 is 12.1 Å². The Labute approximate surface area is 302 Å². The largest absolute Gasteiger partial charge is 0.461 e. The Balaban J connectivity index is 1.75. The number of nitrogens with one attached hydrogen (secondary N) is 2. The maximum atomic E-state index is 12.9. The standard InChI is InChI=1S/C38H48Br2N2O6/c1-25(2)36(42-37(46)48-38(4,5)6)34(44)21-32(41)26(3)33(43)17-16-27-12-14-28(15-13-27)24-47-35(45)11-9-7-8-10-29-18-30(22-39)20-31(19-29)23-40/h12-15,18-20,25-26,36,41H,7,9,11,16-17,21-24H2,1-6H3,(H,42,46)/t26-,36?/m1/s1. The summed E-state index contributed by atoms with van der Waals surface area (Å²) >= 11 is 6.98. The van der Waals surface area contributed by atoms with Crippen molar-refractivity contribution in [3.8, 4) is 11.8 Å². The smallest absolute Gasteiger partial charge is 0.408 e. The number of Topliss-reactive ketones (excluding diaryl/α,β-unsaturated/α-hetero) is 2. The summed E-state index contributed by atoms with van der Waals surface area (Å²) in [5, 5.41) is 12.5. The molecule has 10 heteroatoms. The molecule has 0 spiro atoms. The number of alkyl carbamates (subject to hydrolysis) is 1. The van der Waals surface area contributed by atoms with E-state index < -0.39 is 23.7 Å². The molecule has 260 valence electrons. The molecule has 0 aliphatic carbocycles. The highest BCUT2D eigenvalue weighted by Crippen LogP contribution is 2.17. The van der Waals surface area contributed by atoms with Crippen molar-refractivity contribution in [3.05, 3.63) is 70.3 Å². The second-order valence-corrected chi connectivity index (χ2v) is 14.3. The lowest BCUT2D eigenvalue weighted by atomic mass is 9.89. The molecule has 2 rings (SSSR count). The molecule has 8 nitrogen and oxygen atoms in total. The predicted octanol–water partition coefficient (Wildman–Crippen LogP) is 8.41. The molecule has 0 aliphatic rings. The number of amides is 1. The number of hydrogen-bond acceptors (Lipinski definition) is 7. The number of ether oxygens (including phenoxy) is 2. The van der Waals surface area contributed by atoms with E-state index in [4.69, 9.17) is 14.9 Å². The first kappa shape index (κ1) is 40.9. The Hall–Kier alpha value is -3.29. The highest BCUT2D eigenvalue weighted by Gasteiger charge is 2.29. The van der Waals surface area contributed by atoms with Gasteiger partial charge in [-0.05, 0) is 73.9 Å². The first-order chi connectivity index (χ1) is 22.6. The van der Waals surface area contributed by atoms with Crippen LogP contribution < -0.4 is 5.32 Å². The minimum absolute atomic E-state index is 0.0230. The zero-order valence-electron chi connectivity index (χ0n) is 28.8. The van der Waals surface area contributed by atoms with Gasteiger partial charge in [0.2, 0.25) is 0 Å². The SMILES string of the molecule is CC(C)C(NC(=O)OC(C)(C)C)C(=O)CC(=N)[C@@H](C)C(=O)CCc1ccc(COC(=O)CCCC#Cc2cc(CBr)cc(CBr)c2)cc1. The van der Waals surface area contributed by atoms with Gasteiger partial charge in [-0.1, -0.05) is 94.8 Å². The van der Waals surface area contributed by atoms with Crippen LogP contribution in [0.25, 0.3) is 0 Å². The van der Waals surface area contributed by atoms with Gasteiger partial charge in [-0.25, -0.2) is 4.79 Å². The number of hydrogen-bond donors (Lipinski definition) is 2. The highest BCUT2D eigenvalue weighted by molar-refractivity contribution is 9.08. The molecule has 0 radical (unpaired) electrons. The van der Waals surface area contributed by atoms with Crippen LogP contribution in [-0.4, -0.2) is 41.0 Å². The van der Waals surface area contributed by atoms with E-state index in [-0.39, 0.29) is 48.6 Å². The molecule has 0 saturated heterocycles. The van der Waals surface area contributed by atoms with E-state index in [9.17, 15) is 19.2 Å². The lowest BCUT2D eigenvalue weighted by molar-refractivity contribution is -0.145. The van der Waals surface area contributed by atoms with Gasteiger partial charge in [-0.15, -0.1) is 0 Å². The van der Waals surface area contributed by atoms with Crippen molar-refractivity contribution in [3.63, 3.8) is 0 Å². The second-order valence-electron chi connectivity index (χ2n) is 13.2. The summed E-state index contributed by atoms with van der Waals surface area (Å²) in [7, 11) is 0. The van der Waals surface area contributed by atoms with E-state index in [1.54, 1.807) is 41.5 Å². The van der Waals surface area contributed by atoms with Crippen LogP contribution in [0.4, 0.5) is 4.79 Å². The van der Waals surface area contributed by atoms with Crippen molar-refractivity contribution >= 4 is 61.2 Å². The van der Waals surface area contributed by atoms with Gasteiger partial charge in [-0.3, -0.25) is 14.4 Å². The fraction of sp³-hybridized carbons (Fsp3) is 0.500. The Morgan fingerprint density at radius 1 is 0.875 bits per heavy atom. The quantitative estimate of drug-likeness (QED) is 0.0546. The fourth-order valence-corrected chi connectivity index (χ4v) is 5.34. The molecule has 2 atom stereocenters. The summed E-state index contributed by atoms with van der Waals surface area (Å²) in [5.74, 6) is 4.66. The molecule has 0 heterocycles. The number of benzene rings is 2. The Morgan fingerprint density at radius 3 is 2.04 bits per heavy atom. The van der Waals surface area contributed by atoms with Crippen LogP contribution in [0.2, 0.25) is 0 Å².